The molecular formula is C19H22ClN3O4S2. The van der Waals surface area contributed by atoms with Crippen molar-refractivity contribution in [1.29, 1.82) is 0 Å². The van der Waals surface area contributed by atoms with E-state index in [0.717, 1.165) is 18.5 Å². The molecule has 1 saturated heterocycles. The van der Waals surface area contributed by atoms with Crippen LogP contribution in [0.4, 0.5) is 5.13 Å². The number of rotatable bonds is 5. The van der Waals surface area contributed by atoms with Crippen molar-refractivity contribution < 1.29 is 17.9 Å². The van der Waals surface area contributed by atoms with Crippen LogP contribution >= 0.6 is 22.9 Å². The summed E-state index contributed by atoms with van der Waals surface area (Å²) in [6.07, 6.45) is 1.83. The summed E-state index contributed by atoms with van der Waals surface area (Å²) in [5.41, 5.74) is 1.21. The van der Waals surface area contributed by atoms with Crippen LogP contribution in [-0.2, 0) is 14.8 Å². The first-order valence-corrected chi connectivity index (χ1v) is 12.2. The van der Waals surface area contributed by atoms with E-state index in [0.29, 0.717) is 11.0 Å². The van der Waals surface area contributed by atoms with Crippen LogP contribution in [0.25, 0.3) is 0 Å². The Morgan fingerprint density at radius 1 is 1.28 bits per heavy atom. The quantitative estimate of drug-likeness (QED) is 0.742. The number of amides is 1. The summed E-state index contributed by atoms with van der Waals surface area (Å²) in [7, 11) is -3.86. The molecular weight excluding hydrogens is 434 g/mol. The van der Waals surface area contributed by atoms with Crippen molar-refractivity contribution >= 4 is 44.0 Å². The highest BCUT2D eigenvalue weighted by molar-refractivity contribution is 7.89. The fourth-order valence-corrected chi connectivity index (χ4v) is 6.27. The van der Waals surface area contributed by atoms with Gasteiger partial charge in [0.25, 0.3) is 5.91 Å². The number of hydrogen-bond donors (Lipinski definition) is 1. The molecule has 29 heavy (non-hydrogen) atoms. The molecule has 2 unspecified atom stereocenters. The molecule has 2 heterocycles. The van der Waals surface area contributed by atoms with Crippen molar-refractivity contribution in [2.45, 2.75) is 49.7 Å². The maximum Gasteiger partial charge on any atom is 0.257 e. The molecule has 2 fully saturated rings. The second kappa shape index (κ2) is 7.96. The number of nitrogens with zero attached hydrogens (tertiary/aromatic N) is 2. The predicted molar refractivity (Wildman–Crippen MR) is 112 cm³/mol. The van der Waals surface area contributed by atoms with Gasteiger partial charge in [-0.25, -0.2) is 13.4 Å². The molecule has 4 rings (SSSR count). The topological polar surface area (TPSA) is 88.6 Å². The van der Waals surface area contributed by atoms with Crippen LogP contribution < -0.4 is 5.32 Å². The summed E-state index contributed by atoms with van der Waals surface area (Å²) in [5, 5.41) is 5.29. The fraction of sp³-hybridized carbons (Fsp3) is 0.474. The summed E-state index contributed by atoms with van der Waals surface area (Å²) in [6, 6.07) is 4.28. The number of aromatic nitrogens is 1. The average Bonchev–Trinajstić information content (AvgIpc) is 3.40. The van der Waals surface area contributed by atoms with Crippen molar-refractivity contribution in [3.05, 3.63) is 39.9 Å². The highest BCUT2D eigenvalue weighted by atomic mass is 35.5. The molecule has 0 radical (unpaired) electrons. The van der Waals surface area contributed by atoms with E-state index in [9.17, 15) is 13.2 Å². The van der Waals surface area contributed by atoms with Crippen LogP contribution in [0.1, 0.15) is 48.7 Å². The average molecular weight is 456 g/mol. The van der Waals surface area contributed by atoms with Gasteiger partial charge in [-0.2, -0.15) is 4.31 Å². The van der Waals surface area contributed by atoms with Gasteiger partial charge in [0.2, 0.25) is 10.0 Å². The highest BCUT2D eigenvalue weighted by Crippen LogP contribution is 2.41. The second-order valence-electron chi connectivity index (χ2n) is 7.53. The Balaban J connectivity index is 1.56. The number of halogens is 1. The monoisotopic (exact) mass is 455 g/mol. The Hall–Kier alpha value is -1.52. The Bertz CT molecular complexity index is 1030. The molecule has 1 aromatic carbocycles. The lowest BCUT2D eigenvalue weighted by atomic mass is 10.2. The van der Waals surface area contributed by atoms with Crippen LogP contribution in [0.2, 0.25) is 5.02 Å². The number of ether oxygens (including phenoxy) is 1. The summed E-state index contributed by atoms with van der Waals surface area (Å²) in [6.45, 7) is 4.13. The Labute approximate surface area is 179 Å². The first kappa shape index (κ1) is 20.7. The van der Waals surface area contributed by atoms with E-state index in [2.05, 4.69) is 10.3 Å². The van der Waals surface area contributed by atoms with E-state index < -0.39 is 15.9 Å². The minimum absolute atomic E-state index is 0.0778. The van der Waals surface area contributed by atoms with Crippen molar-refractivity contribution in [2.75, 3.05) is 18.4 Å². The smallest absolute Gasteiger partial charge is 0.257 e. The van der Waals surface area contributed by atoms with Gasteiger partial charge in [-0.3, -0.25) is 10.1 Å². The number of sulfonamides is 1. The number of benzene rings is 1. The van der Waals surface area contributed by atoms with Gasteiger partial charge in [-0.05, 0) is 44.9 Å². The van der Waals surface area contributed by atoms with Crippen LogP contribution in [-0.4, -0.2) is 48.9 Å². The van der Waals surface area contributed by atoms with Gasteiger partial charge in [0.05, 0.1) is 22.9 Å². The van der Waals surface area contributed by atoms with Crippen molar-refractivity contribution in [3.8, 4) is 0 Å². The molecule has 1 aliphatic carbocycles. The third-order valence-corrected chi connectivity index (χ3v) is 8.02. The molecule has 1 aliphatic heterocycles. The number of nitrogens with one attached hydrogen (secondary N) is 1. The summed E-state index contributed by atoms with van der Waals surface area (Å²) >= 11 is 7.57. The molecule has 2 aromatic rings. The first-order chi connectivity index (χ1) is 13.7. The van der Waals surface area contributed by atoms with E-state index in [1.807, 2.05) is 19.2 Å². The molecule has 1 N–H and O–H groups in total. The number of anilines is 1. The van der Waals surface area contributed by atoms with Gasteiger partial charge in [-0.15, -0.1) is 11.3 Å². The Kier molecular flexibility index (Phi) is 5.69. The molecule has 1 amide bonds. The van der Waals surface area contributed by atoms with E-state index in [1.165, 1.54) is 33.8 Å². The van der Waals surface area contributed by atoms with Crippen LogP contribution in [0.3, 0.4) is 0 Å². The van der Waals surface area contributed by atoms with E-state index >= 15 is 0 Å². The Morgan fingerprint density at radius 3 is 2.62 bits per heavy atom. The lowest BCUT2D eigenvalue weighted by Crippen LogP contribution is -2.48. The molecule has 156 valence electrons. The van der Waals surface area contributed by atoms with E-state index in [4.69, 9.17) is 16.3 Å². The van der Waals surface area contributed by atoms with Crippen molar-refractivity contribution in [1.82, 2.24) is 9.29 Å². The maximum absolute atomic E-state index is 13.2. The lowest BCUT2D eigenvalue weighted by molar-refractivity contribution is -0.0440. The molecule has 0 spiro atoms. The molecule has 0 bridgehead atoms. The van der Waals surface area contributed by atoms with Gasteiger partial charge in [0.15, 0.2) is 5.13 Å². The first-order valence-electron chi connectivity index (χ1n) is 9.46. The van der Waals surface area contributed by atoms with Gasteiger partial charge >= 0.3 is 0 Å². The van der Waals surface area contributed by atoms with E-state index in [1.54, 1.807) is 0 Å². The van der Waals surface area contributed by atoms with Crippen LogP contribution in [0.5, 0.6) is 0 Å². The SMILES string of the molecule is CC1CN(S(=O)(=O)c2cc(C(=O)Nc3nc(C4CC4)cs3)ccc2Cl)CC(C)O1. The number of hydrogen-bond acceptors (Lipinski definition) is 6. The number of thiazole rings is 1. The third-order valence-electron chi connectivity index (χ3n) is 4.94. The molecule has 2 aliphatic rings. The zero-order valence-corrected chi connectivity index (χ0v) is 18.5. The van der Waals surface area contributed by atoms with Gasteiger partial charge in [-0.1, -0.05) is 11.6 Å². The van der Waals surface area contributed by atoms with Crippen LogP contribution in [0, 0.1) is 0 Å². The van der Waals surface area contributed by atoms with E-state index in [-0.39, 0.29) is 40.8 Å². The largest absolute Gasteiger partial charge is 0.373 e. The zero-order valence-electron chi connectivity index (χ0n) is 16.1. The van der Waals surface area contributed by atoms with Crippen LogP contribution in [0.15, 0.2) is 28.5 Å². The van der Waals surface area contributed by atoms with Crippen molar-refractivity contribution in [2.24, 2.45) is 0 Å². The minimum atomic E-state index is -3.86. The third kappa shape index (κ3) is 4.49. The molecule has 1 aromatic heterocycles. The summed E-state index contributed by atoms with van der Waals surface area (Å²) in [4.78, 5) is 17.0. The fourth-order valence-electron chi connectivity index (χ4n) is 3.39. The number of morpholine rings is 1. The second-order valence-corrected chi connectivity index (χ2v) is 10.7. The number of carbonyl (C=O) groups excluding carboxylic acids is 1. The summed E-state index contributed by atoms with van der Waals surface area (Å²) in [5.74, 6) is 0.0843. The normalized spacial score (nSPS) is 23.1. The lowest BCUT2D eigenvalue weighted by Gasteiger charge is -2.34. The minimum Gasteiger partial charge on any atom is -0.373 e. The molecule has 10 heteroatoms. The molecule has 2 atom stereocenters. The van der Waals surface area contributed by atoms with Gasteiger partial charge < -0.3 is 4.74 Å². The Morgan fingerprint density at radius 2 is 1.97 bits per heavy atom. The van der Waals surface area contributed by atoms with Gasteiger partial charge in [0.1, 0.15) is 4.90 Å². The summed E-state index contributed by atoms with van der Waals surface area (Å²) < 4.78 is 33.3. The van der Waals surface area contributed by atoms with Crippen molar-refractivity contribution in [3.63, 3.8) is 0 Å². The molecule has 1 saturated carbocycles. The predicted octanol–water partition coefficient (Wildman–Crippen LogP) is 3.72. The maximum atomic E-state index is 13.2. The number of carbonyl (C=O) groups is 1. The highest BCUT2D eigenvalue weighted by Gasteiger charge is 2.34. The van der Waals surface area contributed by atoms with Gasteiger partial charge in [0, 0.05) is 30.0 Å². The standard InChI is InChI=1S/C19H22ClN3O4S2/c1-11-8-23(9-12(2)27-11)29(25,26)17-7-14(5-6-15(17)20)18(24)22-19-21-16(10-28-19)13-3-4-13/h5-7,10-13H,3-4,8-9H2,1-2H3,(H,21,22,24). The molecule has 7 nitrogen and oxygen atoms in total. The zero-order chi connectivity index (χ0) is 20.8.